The summed E-state index contributed by atoms with van der Waals surface area (Å²) in [5.41, 5.74) is 0.830. The van der Waals surface area contributed by atoms with E-state index in [2.05, 4.69) is 15.3 Å². The highest BCUT2D eigenvalue weighted by molar-refractivity contribution is 6.30. The van der Waals surface area contributed by atoms with Crippen LogP contribution in [0.3, 0.4) is 0 Å². The van der Waals surface area contributed by atoms with Crippen molar-refractivity contribution in [2.45, 2.75) is 13.0 Å². The lowest BCUT2D eigenvalue weighted by atomic mass is 10.3. The van der Waals surface area contributed by atoms with E-state index in [0.29, 0.717) is 18.3 Å². The summed E-state index contributed by atoms with van der Waals surface area (Å²) in [5, 5.41) is 3.61. The molecule has 0 saturated heterocycles. The molecular weight excluding hydrogens is 230 g/mol. The molecule has 0 aliphatic rings. The molecule has 1 aromatic rings. The zero-order chi connectivity index (χ0) is 12.0. The number of anilines is 1. The van der Waals surface area contributed by atoms with Gasteiger partial charge in [0, 0.05) is 26.3 Å². The van der Waals surface area contributed by atoms with Gasteiger partial charge in [0.2, 0.25) is 0 Å². The minimum Gasteiger partial charge on any atom is -0.382 e. The van der Waals surface area contributed by atoms with Crippen LogP contribution in [0.4, 0.5) is 5.82 Å². The molecule has 6 heteroatoms. The van der Waals surface area contributed by atoms with E-state index in [1.165, 1.54) is 6.33 Å². The molecule has 0 fully saturated rings. The molecule has 90 valence electrons. The standard InChI is InChI=1S/C10H16ClN3O2/c1-7-9(11)13-6-14-10(7)12-4-8(16-3)5-15-2/h6,8H,4-5H2,1-3H3,(H,12,13,14). The van der Waals surface area contributed by atoms with E-state index in [1.54, 1.807) is 14.2 Å². The summed E-state index contributed by atoms with van der Waals surface area (Å²) in [6.07, 6.45) is 1.41. The van der Waals surface area contributed by atoms with Crippen molar-refractivity contribution in [2.75, 3.05) is 32.7 Å². The molecule has 16 heavy (non-hydrogen) atoms. The number of hydrogen-bond acceptors (Lipinski definition) is 5. The van der Waals surface area contributed by atoms with Crippen LogP contribution in [-0.2, 0) is 9.47 Å². The Morgan fingerprint density at radius 2 is 2.19 bits per heavy atom. The van der Waals surface area contributed by atoms with Gasteiger partial charge in [-0.05, 0) is 6.92 Å². The van der Waals surface area contributed by atoms with Crippen LogP contribution >= 0.6 is 11.6 Å². The first-order chi connectivity index (χ1) is 7.69. The van der Waals surface area contributed by atoms with Gasteiger partial charge in [-0.25, -0.2) is 9.97 Å². The Morgan fingerprint density at radius 3 is 2.81 bits per heavy atom. The second-order valence-electron chi connectivity index (χ2n) is 3.33. The minimum absolute atomic E-state index is 0.0156. The summed E-state index contributed by atoms with van der Waals surface area (Å²) in [7, 11) is 3.28. The van der Waals surface area contributed by atoms with E-state index in [9.17, 15) is 0 Å². The van der Waals surface area contributed by atoms with E-state index < -0.39 is 0 Å². The van der Waals surface area contributed by atoms with Crippen LogP contribution in [0.1, 0.15) is 5.56 Å². The van der Waals surface area contributed by atoms with Gasteiger partial charge in [0.15, 0.2) is 0 Å². The van der Waals surface area contributed by atoms with Gasteiger partial charge in [-0.15, -0.1) is 0 Å². The molecule has 0 bridgehead atoms. The molecule has 1 unspecified atom stereocenters. The predicted molar refractivity (Wildman–Crippen MR) is 62.9 cm³/mol. The highest BCUT2D eigenvalue weighted by Gasteiger charge is 2.09. The molecule has 1 heterocycles. The third kappa shape index (κ3) is 3.59. The highest BCUT2D eigenvalue weighted by atomic mass is 35.5. The Bertz CT molecular complexity index is 336. The lowest BCUT2D eigenvalue weighted by Gasteiger charge is -2.16. The molecule has 1 aromatic heterocycles. The lowest BCUT2D eigenvalue weighted by Crippen LogP contribution is -2.27. The van der Waals surface area contributed by atoms with Crippen LogP contribution in [0.2, 0.25) is 5.15 Å². The molecule has 1 atom stereocenters. The zero-order valence-corrected chi connectivity index (χ0v) is 10.4. The van der Waals surface area contributed by atoms with Crippen molar-refractivity contribution in [2.24, 2.45) is 0 Å². The van der Waals surface area contributed by atoms with E-state index in [0.717, 1.165) is 11.4 Å². The van der Waals surface area contributed by atoms with Crippen molar-refractivity contribution in [3.63, 3.8) is 0 Å². The Balaban J connectivity index is 2.56. The number of rotatable bonds is 6. The maximum atomic E-state index is 5.88. The van der Waals surface area contributed by atoms with Crippen LogP contribution in [0, 0.1) is 6.92 Å². The second-order valence-corrected chi connectivity index (χ2v) is 3.69. The van der Waals surface area contributed by atoms with E-state index in [4.69, 9.17) is 21.1 Å². The summed E-state index contributed by atoms with van der Waals surface area (Å²) in [6, 6.07) is 0. The smallest absolute Gasteiger partial charge is 0.137 e. The molecule has 0 spiro atoms. The fourth-order valence-corrected chi connectivity index (χ4v) is 1.35. The van der Waals surface area contributed by atoms with Gasteiger partial charge in [-0.2, -0.15) is 0 Å². The number of ether oxygens (including phenoxy) is 2. The molecule has 0 aliphatic heterocycles. The lowest BCUT2D eigenvalue weighted by molar-refractivity contribution is 0.0365. The zero-order valence-electron chi connectivity index (χ0n) is 9.66. The van der Waals surface area contributed by atoms with Gasteiger partial charge in [-0.1, -0.05) is 11.6 Å². The Hall–Kier alpha value is -0.910. The number of halogens is 1. The molecule has 0 saturated carbocycles. The fraction of sp³-hybridized carbons (Fsp3) is 0.600. The van der Waals surface area contributed by atoms with Crippen molar-refractivity contribution >= 4 is 17.4 Å². The average molecular weight is 246 g/mol. The maximum Gasteiger partial charge on any atom is 0.137 e. The topological polar surface area (TPSA) is 56.3 Å². The predicted octanol–water partition coefficient (Wildman–Crippen LogP) is 1.51. The average Bonchev–Trinajstić information content (AvgIpc) is 2.29. The van der Waals surface area contributed by atoms with Gasteiger partial charge in [0.1, 0.15) is 17.3 Å². The van der Waals surface area contributed by atoms with Crippen molar-refractivity contribution in [3.05, 3.63) is 17.0 Å². The van der Waals surface area contributed by atoms with Crippen molar-refractivity contribution in [1.29, 1.82) is 0 Å². The van der Waals surface area contributed by atoms with Crippen LogP contribution in [0.25, 0.3) is 0 Å². The maximum absolute atomic E-state index is 5.88. The van der Waals surface area contributed by atoms with Crippen LogP contribution in [-0.4, -0.2) is 43.4 Å². The van der Waals surface area contributed by atoms with Crippen LogP contribution in [0.5, 0.6) is 0 Å². The molecule has 1 rings (SSSR count). The summed E-state index contributed by atoms with van der Waals surface area (Å²) < 4.78 is 10.2. The molecule has 0 amide bonds. The van der Waals surface area contributed by atoms with E-state index in [1.807, 2.05) is 6.92 Å². The van der Waals surface area contributed by atoms with E-state index >= 15 is 0 Å². The number of nitrogens with zero attached hydrogens (tertiary/aromatic N) is 2. The third-order valence-corrected chi connectivity index (χ3v) is 2.59. The molecule has 1 N–H and O–H groups in total. The Kier molecular flexibility index (Phi) is 5.45. The molecule has 0 aromatic carbocycles. The SMILES string of the molecule is COCC(CNc1ncnc(Cl)c1C)OC. The van der Waals surface area contributed by atoms with Gasteiger partial charge >= 0.3 is 0 Å². The number of nitrogens with one attached hydrogen (secondary N) is 1. The van der Waals surface area contributed by atoms with Gasteiger partial charge in [-0.3, -0.25) is 0 Å². The summed E-state index contributed by atoms with van der Waals surface area (Å²) in [4.78, 5) is 7.98. The normalized spacial score (nSPS) is 12.5. The highest BCUT2D eigenvalue weighted by Crippen LogP contribution is 2.17. The largest absolute Gasteiger partial charge is 0.382 e. The molecule has 0 aliphatic carbocycles. The van der Waals surface area contributed by atoms with Gasteiger partial charge in [0.05, 0.1) is 12.7 Å². The molecule has 5 nitrogen and oxygen atoms in total. The van der Waals surface area contributed by atoms with Crippen molar-refractivity contribution < 1.29 is 9.47 Å². The van der Waals surface area contributed by atoms with Gasteiger partial charge in [0.25, 0.3) is 0 Å². The molecule has 0 radical (unpaired) electrons. The van der Waals surface area contributed by atoms with Gasteiger partial charge < -0.3 is 14.8 Å². The van der Waals surface area contributed by atoms with E-state index in [-0.39, 0.29) is 6.10 Å². The molecular formula is C10H16ClN3O2. The Morgan fingerprint density at radius 1 is 1.44 bits per heavy atom. The van der Waals surface area contributed by atoms with Crippen LogP contribution < -0.4 is 5.32 Å². The van der Waals surface area contributed by atoms with Crippen LogP contribution in [0.15, 0.2) is 6.33 Å². The van der Waals surface area contributed by atoms with Crippen molar-refractivity contribution in [3.8, 4) is 0 Å². The Labute approximate surface area is 100 Å². The second kappa shape index (κ2) is 6.62. The summed E-state index contributed by atoms with van der Waals surface area (Å²) in [5.74, 6) is 0.721. The number of hydrogen-bond donors (Lipinski definition) is 1. The number of aromatic nitrogens is 2. The summed E-state index contributed by atoms with van der Waals surface area (Å²) in [6.45, 7) is 3.00. The fourth-order valence-electron chi connectivity index (χ4n) is 1.21. The third-order valence-electron chi connectivity index (χ3n) is 2.21. The van der Waals surface area contributed by atoms with Crippen molar-refractivity contribution in [1.82, 2.24) is 9.97 Å². The summed E-state index contributed by atoms with van der Waals surface area (Å²) >= 11 is 5.88. The first-order valence-electron chi connectivity index (χ1n) is 4.91. The minimum atomic E-state index is -0.0156. The number of methoxy groups -OCH3 is 2. The first-order valence-corrected chi connectivity index (χ1v) is 5.29. The quantitative estimate of drug-likeness (QED) is 0.770. The first kappa shape index (κ1) is 13.2. The monoisotopic (exact) mass is 245 g/mol.